The largest absolute Gasteiger partial charge is 0.455 e. The normalized spacial score (nSPS) is 38.1. The van der Waals surface area contributed by atoms with Gasteiger partial charge in [-0.3, -0.25) is 0 Å². The zero-order chi connectivity index (χ0) is 25.5. The van der Waals surface area contributed by atoms with Crippen molar-refractivity contribution in [2.75, 3.05) is 0 Å². The second-order valence-corrected chi connectivity index (χ2v) is 13.6. The van der Waals surface area contributed by atoms with Crippen molar-refractivity contribution in [1.82, 2.24) is 0 Å². The Morgan fingerprint density at radius 2 is 1.75 bits per heavy atom. The number of benzene rings is 1. The number of fused-ring (bicyclic) bond motifs is 5. The van der Waals surface area contributed by atoms with E-state index in [1.54, 1.807) is 0 Å². The van der Waals surface area contributed by atoms with Gasteiger partial charge in [-0.15, -0.1) is 0 Å². The molecule has 5 rings (SSSR count). The molecule has 0 spiro atoms. The van der Waals surface area contributed by atoms with Crippen LogP contribution >= 0.6 is 0 Å². The number of carbonyl (C=O) groups excluding carboxylic acids is 1. The molecule has 196 valence electrons. The lowest BCUT2D eigenvalue weighted by molar-refractivity contribution is -0.0316. The maximum Gasteiger partial charge on any atom is 0.338 e. The highest BCUT2D eigenvalue weighted by Gasteiger charge is 2.58. The van der Waals surface area contributed by atoms with E-state index in [0.717, 1.165) is 42.4 Å². The first kappa shape index (κ1) is 25.8. The molecule has 0 unspecified atom stereocenters. The van der Waals surface area contributed by atoms with Gasteiger partial charge < -0.3 is 4.74 Å². The first-order valence-corrected chi connectivity index (χ1v) is 14.9. The van der Waals surface area contributed by atoms with E-state index in [4.69, 9.17) is 4.74 Å². The van der Waals surface area contributed by atoms with Crippen molar-refractivity contribution < 1.29 is 9.53 Å². The Labute approximate surface area is 220 Å². The van der Waals surface area contributed by atoms with Crippen LogP contribution in [0, 0.1) is 46.3 Å². The summed E-state index contributed by atoms with van der Waals surface area (Å²) >= 11 is 0. The summed E-state index contributed by atoms with van der Waals surface area (Å²) in [7, 11) is 0. The summed E-state index contributed by atoms with van der Waals surface area (Å²) in [6, 6.07) is 9.41. The van der Waals surface area contributed by atoms with Crippen LogP contribution in [0.3, 0.4) is 0 Å². The molecule has 4 aliphatic carbocycles. The lowest BCUT2D eigenvalue weighted by atomic mass is 9.48. The molecular formula is C34H48O2. The van der Waals surface area contributed by atoms with Gasteiger partial charge in [0.25, 0.3) is 0 Å². The molecule has 0 amide bonds. The topological polar surface area (TPSA) is 26.3 Å². The van der Waals surface area contributed by atoms with Gasteiger partial charge in [0.05, 0.1) is 5.56 Å². The van der Waals surface area contributed by atoms with Crippen LogP contribution in [0.15, 0.2) is 54.1 Å². The van der Waals surface area contributed by atoms with E-state index in [1.807, 2.05) is 30.3 Å². The minimum absolute atomic E-state index is 0.113. The highest BCUT2D eigenvalue weighted by Crippen LogP contribution is 2.66. The lowest BCUT2D eigenvalue weighted by Gasteiger charge is -2.57. The van der Waals surface area contributed by atoms with Crippen LogP contribution in [-0.4, -0.2) is 12.1 Å². The molecule has 2 fully saturated rings. The summed E-state index contributed by atoms with van der Waals surface area (Å²) in [5, 5.41) is 0. The minimum atomic E-state index is -0.202. The van der Waals surface area contributed by atoms with Crippen molar-refractivity contribution in [3.8, 4) is 0 Å². The van der Waals surface area contributed by atoms with Gasteiger partial charge in [-0.2, -0.15) is 0 Å². The van der Waals surface area contributed by atoms with Gasteiger partial charge in [0.2, 0.25) is 0 Å². The van der Waals surface area contributed by atoms with E-state index in [-0.39, 0.29) is 17.5 Å². The van der Waals surface area contributed by atoms with Crippen LogP contribution in [0.2, 0.25) is 0 Å². The van der Waals surface area contributed by atoms with Gasteiger partial charge in [0.15, 0.2) is 0 Å². The third-order valence-electron chi connectivity index (χ3n) is 11.1. The fourth-order valence-electron chi connectivity index (χ4n) is 9.02. The third kappa shape index (κ3) is 4.63. The number of esters is 1. The molecule has 4 aliphatic rings. The second-order valence-electron chi connectivity index (χ2n) is 13.6. The van der Waals surface area contributed by atoms with Crippen LogP contribution in [0.1, 0.15) is 103 Å². The zero-order valence-corrected chi connectivity index (χ0v) is 23.3. The average Bonchev–Trinajstić information content (AvgIpc) is 3.22. The van der Waals surface area contributed by atoms with Gasteiger partial charge in [-0.05, 0) is 109 Å². The van der Waals surface area contributed by atoms with E-state index in [0.29, 0.717) is 16.9 Å². The molecule has 2 heteroatoms. The van der Waals surface area contributed by atoms with Gasteiger partial charge >= 0.3 is 5.97 Å². The number of ether oxygens (including phenoxy) is 1. The zero-order valence-electron chi connectivity index (χ0n) is 23.3. The maximum absolute atomic E-state index is 12.7. The first-order chi connectivity index (χ1) is 17.2. The summed E-state index contributed by atoms with van der Waals surface area (Å²) in [5.74, 6) is 4.64. The molecule has 0 aromatic heterocycles. The summed E-state index contributed by atoms with van der Waals surface area (Å²) in [4.78, 5) is 12.7. The van der Waals surface area contributed by atoms with E-state index in [2.05, 4.69) is 52.8 Å². The smallest absolute Gasteiger partial charge is 0.338 e. The van der Waals surface area contributed by atoms with Crippen molar-refractivity contribution in [1.29, 1.82) is 0 Å². The number of hydrogen-bond acceptors (Lipinski definition) is 2. The van der Waals surface area contributed by atoms with Gasteiger partial charge in [0.1, 0.15) is 6.10 Å². The molecule has 2 nitrogen and oxygen atoms in total. The fraction of sp³-hybridized carbons (Fsp3) is 0.676. The van der Waals surface area contributed by atoms with Gasteiger partial charge in [-0.1, -0.05) is 84.2 Å². The number of allylic oxidation sites excluding steroid dienone is 3. The molecule has 1 aromatic carbocycles. The average molecular weight is 489 g/mol. The van der Waals surface area contributed by atoms with Gasteiger partial charge in [-0.25, -0.2) is 4.79 Å². The molecule has 0 N–H and O–H groups in total. The molecule has 2 saturated carbocycles. The van der Waals surface area contributed by atoms with Crippen LogP contribution < -0.4 is 0 Å². The molecule has 0 heterocycles. The Morgan fingerprint density at radius 1 is 0.972 bits per heavy atom. The van der Waals surface area contributed by atoms with Crippen LogP contribution in [0.4, 0.5) is 0 Å². The molecular weight excluding hydrogens is 440 g/mol. The molecule has 0 aliphatic heterocycles. The second kappa shape index (κ2) is 10.1. The lowest BCUT2D eigenvalue weighted by Crippen LogP contribution is -2.49. The predicted octanol–water partition coefficient (Wildman–Crippen LogP) is 9.03. The summed E-state index contributed by atoms with van der Waals surface area (Å²) in [5.41, 5.74) is 2.78. The van der Waals surface area contributed by atoms with E-state index in [9.17, 15) is 4.79 Å². The standard InChI is InChI=1S/C34H48O2/c1-23(2)10-9-11-24(3)29-16-17-30-28-15-14-26-22-27(36-32(35)25-12-7-6-8-13-25)18-20-33(26,4)31(28)19-21-34(29,30)5/h6-8,12-15,22-24,27-31H,9-11,16-21H2,1-5H3/t24-,27+,28-,29+,30-,31-,33+,34-/m1/s1. The Kier molecular flexibility index (Phi) is 7.27. The number of carbonyl (C=O) groups is 1. The summed E-state index contributed by atoms with van der Waals surface area (Å²) in [6.07, 6.45) is 19.0. The summed E-state index contributed by atoms with van der Waals surface area (Å²) in [6.45, 7) is 12.4. The monoisotopic (exact) mass is 488 g/mol. The highest BCUT2D eigenvalue weighted by atomic mass is 16.5. The Morgan fingerprint density at radius 3 is 2.50 bits per heavy atom. The molecule has 0 radical (unpaired) electrons. The van der Waals surface area contributed by atoms with Crippen LogP contribution in [0.5, 0.6) is 0 Å². The van der Waals surface area contributed by atoms with Crippen LogP contribution in [-0.2, 0) is 4.74 Å². The minimum Gasteiger partial charge on any atom is -0.455 e. The number of hydrogen-bond donors (Lipinski definition) is 0. The predicted molar refractivity (Wildman–Crippen MR) is 149 cm³/mol. The molecule has 8 atom stereocenters. The maximum atomic E-state index is 12.7. The molecule has 0 saturated heterocycles. The van der Waals surface area contributed by atoms with E-state index >= 15 is 0 Å². The Balaban J connectivity index is 1.30. The Bertz CT molecular complexity index is 990. The van der Waals surface area contributed by atoms with Crippen LogP contribution in [0.25, 0.3) is 0 Å². The van der Waals surface area contributed by atoms with E-state index < -0.39 is 0 Å². The Hall–Kier alpha value is -1.83. The first-order valence-electron chi connectivity index (χ1n) is 14.9. The van der Waals surface area contributed by atoms with E-state index in [1.165, 1.54) is 50.5 Å². The SMILES string of the molecule is CC(C)CCC[C@@H](C)[C@@H]1CC[C@@H]2[C@H]3C=CC4=C[C@@H](OC(=O)c5ccccc5)CC[C@]4(C)[C@@H]3CC[C@@]21C. The van der Waals surface area contributed by atoms with Crippen molar-refractivity contribution in [3.63, 3.8) is 0 Å². The van der Waals surface area contributed by atoms with Crippen molar-refractivity contribution >= 4 is 5.97 Å². The van der Waals surface area contributed by atoms with Crippen molar-refractivity contribution in [2.24, 2.45) is 46.3 Å². The molecule has 36 heavy (non-hydrogen) atoms. The summed E-state index contributed by atoms with van der Waals surface area (Å²) < 4.78 is 5.93. The third-order valence-corrected chi connectivity index (χ3v) is 11.1. The molecule has 0 bridgehead atoms. The van der Waals surface area contributed by atoms with Gasteiger partial charge in [0, 0.05) is 0 Å². The molecule has 1 aromatic rings. The quantitative estimate of drug-likeness (QED) is 0.358. The highest BCUT2D eigenvalue weighted by molar-refractivity contribution is 5.89. The number of rotatable bonds is 7. The fourth-order valence-corrected chi connectivity index (χ4v) is 9.02. The van der Waals surface area contributed by atoms with Crippen molar-refractivity contribution in [2.45, 2.75) is 98.5 Å². The van der Waals surface area contributed by atoms with Crippen molar-refractivity contribution in [3.05, 3.63) is 59.7 Å².